The van der Waals surface area contributed by atoms with Crippen LogP contribution in [0.25, 0.3) is 0 Å². The van der Waals surface area contributed by atoms with E-state index in [1.54, 1.807) is 0 Å². The van der Waals surface area contributed by atoms with Gasteiger partial charge in [0.2, 0.25) is 17.8 Å². The highest BCUT2D eigenvalue weighted by Crippen LogP contribution is 2.27. The molecule has 2 aliphatic rings. The second kappa shape index (κ2) is 5.63. The molecule has 0 aromatic carbocycles. The first-order valence-corrected chi connectivity index (χ1v) is 7.74. The van der Waals surface area contributed by atoms with Gasteiger partial charge in [0.25, 0.3) is 0 Å². The molecule has 3 rings (SSSR count). The maximum Gasteiger partial charge on any atom is 0.232 e. The van der Waals surface area contributed by atoms with Crippen LogP contribution in [0.15, 0.2) is 0 Å². The van der Waals surface area contributed by atoms with Crippen LogP contribution in [0, 0.1) is 0 Å². The SMILES string of the molecule is CC1CN2CCCCC2CN1c1nc(N)nc(N(C)C)n1. The minimum atomic E-state index is 0.293. The Morgan fingerprint density at radius 1 is 1.14 bits per heavy atom. The molecule has 2 atom stereocenters. The lowest BCUT2D eigenvalue weighted by atomic mass is 9.97. The van der Waals surface area contributed by atoms with Gasteiger partial charge < -0.3 is 15.5 Å². The van der Waals surface area contributed by atoms with E-state index in [1.807, 2.05) is 19.0 Å². The van der Waals surface area contributed by atoms with Gasteiger partial charge in [-0.3, -0.25) is 4.90 Å². The Balaban J connectivity index is 1.85. The molecular formula is C14H25N7. The molecule has 2 aliphatic heterocycles. The zero-order valence-electron chi connectivity index (χ0n) is 13.2. The molecule has 2 unspecified atom stereocenters. The minimum absolute atomic E-state index is 0.293. The smallest absolute Gasteiger partial charge is 0.232 e. The summed E-state index contributed by atoms with van der Waals surface area (Å²) in [6.45, 7) is 5.52. The Labute approximate surface area is 126 Å². The molecule has 3 heterocycles. The zero-order valence-corrected chi connectivity index (χ0v) is 13.2. The molecule has 7 heteroatoms. The summed E-state index contributed by atoms with van der Waals surface area (Å²) in [6.07, 6.45) is 3.92. The van der Waals surface area contributed by atoms with Gasteiger partial charge >= 0.3 is 0 Å². The fraction of sp³-hybridized carbons (Fsp3) is 0.786. The fourth-order valence-electron chi connectivity index (χ4n) is 3.33. The number of nitrogens with zero attached hydrogens (tertiary/aromatic N) is 6. The standard InChI is InChI=1S/C14H25N7/c1-10-8-20-7-5-4-6-11(20)9-21(10)14-17-12(15)16-13(18-14)19(2)3/h10-11H,4-9H2,1-3H3,(H2,15,16,17,18). The summed E-state index contributed by atoms with van der Waals surface area (Å²) in [5.41, 5.74) is 5.86. The molecule has 0 radical (unpaired) electrons. The lowest BCUT2D eigenvalue weighted by Gasteiger charge is -2.47. The maximum atomic E-state index is 5.86. The van der Waals surface area contributed by atoms with E-state index in [4.69, 9.17) is 5.73 Å². The predicted octanol–water partition coefficient (Wildman–Crippen LogP) is 0.583. The van der Waals surface area contributed by atoms with Crippen molar-refractivity contribution in [3.8, 4) is 0 Å². The van der Waals surface area contributed by atoms with E-state index in [-0.39, 0.29) is 0 Å². The zero-order chi connectivity index (χ0) is 15.0. The second-order valence-corrected chi connectivity index (χ2v) is 6.33. The van der Waals surface area contributed by atoms with E-state index >= 15 is 0 Å². The van der Waals surface area contributed by atoms with Crippen molar-refractivity contribution in [2.75, 3.05) is 49.3 Å². The summed E-state index contributed by atoms with van der Waals surface area (Å²) in [4.78, 5) is 19.9. The summed E-state index contributed by atoms with van der Waals surface area (Å²) in [5.74, 6) is 1.63. The predicted molar refractivity (Wildman–Crippen MR) is 84.6 cm³/mol. The lowest BCUT2D eigenvalue weighted by molar-refractivity contribution is 0.115. The van der Waals surface area contributed by atoms with Crippen molar-refractivity contribution in [2.24, 2.45) is 0 Å². The fourth-order valence-corrected chi connectivity index (χ4v) is 3.33. The Morgan fingerprint density at radius 2 is 1.95 bits per heavy atom. The number of hydrogen-bond donors (Lipinski definition) is 1. The van der Waals surface area contributed by atoms with Crippen LogP contribution in [0.1, 0.15) is 26.2 Å². The van der Waals surface area contributed by atoms with Gasteiger partial charge in [-0.1, -0.05) is 6.42 Å². The highest BCUT2D eigenvalue weighted by atomic mass is 15.4. The average molecular weight is 291 g/mol. The Kier molecular flexibility index (Phi) is 3.84. The van der Waals surface area contributed by atoms with E-state index in [2.05, 4.69) is 31.7 Å². The van der Waals surface area contributed by atoms with Gasteiger partial charge in [0, 0.05) is 39.3 Å². The largest absolute Gasteiger partial charge is 0.368 e. The number of nitrogen functional groups attached to an aromatic ring is 1. The third kappa shape index (κ3) is 2.88. The van der Waals surface area contributed by atoms with E-state index in [9.17, 15) is 0 Å². The molecule has 2 N–H and O–H groups in total. The van der Waals surface area contributed by atoms with Crippen LogP contribution < -0.4 is 15.5 Å². The molecule has 0 aliphatic carbocycles. The van der Waals surface area contributed by atoms with Crippen LogP contribution in [-0.4, -0.2) is 65.7 Å². The lowest BCUT2D eigenvalue weighted by Crippen LogP contribution is -2.59. The first kappa shape index (κ1) is 14.3. The molecule has 1 aromatic heterocycles. The molecule has 2 saturated heterocycles. The van der Waals surface area contributed by atoms with Crippen molar-refractivity contribution in [3.63, 3.8) is 0 Å². The van der Waals surface area contributed by atoms with Crippen molar-refractivity contribution in [2.45, 2.75) is 38.3 Å². The van der Waals surface area contributed by atoms with Crippen molar-refractivity contribution >= 4 is 17.8 Å². The number of aromatic nitrogens is 3. The number of piperazine rings is 1. The monoisotopic (exact) mass is 291 g/mol. The number of hydrogen-bond acceptors (Lipinski definition) is 7. The van der Waals surface area contributed by atoms with Crippen molar-refractivity contribution in [1.82, 2.24) is 19.9 Å². The summed E-state index contributed by atoms with van der Waals surface area (Å²) in [7, 11) is 3.84. The molecule has 0 bridgehead atoms. The number of fused-ring (bicyclic) bond motifs is 1. The van der Waals surface area contributed by atoms with Crippen LogP contribution in [0.4, 0.5) is 17.8 Å². The van der Waals surface area contributed by atoms with Crippen LogP contribution in [-0.2, 0) is 0 Å². The van der Waals surface area contributed by atoms with Gasteiger partial charge in [0.05, 0.1) is 0 Å². The highest BCUT2D eigenvalue weighted by Gasteiger charge is 2.34. The Hall–Kier alpha value is -1.63. The van der Waals surface area contributed by atoms with Crippen molar-refractivity contribution in [1.29, 1.82) is 0 Å². The van der Waals surface area contributed by atoms with E-state index in [1.165, 1.54) is 25.8 Å². The first-order valence-electron chi connectivity index (χ1n) is 7.74. The van der Waals surface area contributed by atoms with E-state index in [0.717, 1.165) is 13.1 Å². The first-order chi connectivity index (χ1) is 10.0. The van der Waals surface area contributed by atoms with E-state index < -0.39 is 0 Å². The van der Waals surface area contributed by atoms with Crippen LogP contribution in [0.2, 0.25) is 0 Å². The third-order valence-corrected chi connectivity index (χ3v) is 4.47. The molecule has 2 fully saturated rings. The number of nitrogens with two attached hydrogens (primary N) is 1. The summed E-state index contributed by atoms with van der Waals surface area (Å²) in [6, 6.07) is 1.02. The molecule has 1 aromatic rings. The number of piperidine rings is 1. The topological polar surface area (TPSA) is 74.4 Å². The van der Waals surface area contributed by atoms with Gasteiger partial charge in [-0.25, -0.2) is 0 Å². The molecule has 21 heavy (non-hydrogen) atoms. The summed E-state index contributed by atoms with van der Waals surface area (Å²) < 4.78 is 0. The van der Waals surface area contributed by atoms with Crippen LogP contribution in [0.3, 0.4) is 0 Å². The number of rotatable bonds is 2. The minimum Gasteiger partial charge on any atom is -0.368 e. The summed E-state index contributed by atoms with van der Waals surface area (Å²) >= 11 is 0. The molecular weight excluding hydrogens is 266 g/mol. The second-order valence-electron chi connectivity index (χ2n) is 6.33. The molecule has 116 valence electrons. The quantitative estimate of drug-likeness (QED) is 0.854. The number of anilines is 3. The molecule has 0 saturated carbocycles. The van der Waals surface area contributed by atoms with Crippen molar-refractivity contribution < 1.29 is 0 Å². The molecule has 7 nitrogen and oxygen atoms in total. The van der Waals surface area contributed by atoms with Gasteiger partial charge in [-0.2, -0.15) is 15.0 Å². The van der Waals surface area contributed by atoms with Gasteiger partial charge in [-0.15, -0.1) is 0 Å². The third-order valence-electron chi connectivity index (χ3n) is 4.47. The van der Waals surface area contributed by atoms with Crippen LogP contribution in [0.5, 0.6) is 0 Å². The highest BCUT2D eigenvalue weighted by molar-refractivity contribution is 5.44. The normalized spacial score (nSPS) is 26.5. The Bertz CT molecular complexity index is 504. The molecule has 0 spiro atoms. The van der Waals surface area contributed by atoms with Gasteiger partial charge in [0.15, 0.2) is 0 Å². The Morgan fingerprint density at radius 3 is 2.71 bits per heavy atom. The van der Waals surface area contributed by atoms with Gasteiger partial charge in [-0.05, 0) is 26.3 Å². The van der Waals surface area contributed by atoms with E-state index in [0.29, 0.717) is 29.9 Å². The van der Waals surface area contributed by atoms with Gasteiger partial charge in [0.1, 0.15) is 0 Å². The maximum absolute atomic E-state index is 5.86. The summed E-state index contributed by atoms with van der Waals surface area (Å²) in [5, 5.41) is 0. The van der Waals surface area contributed by atoms with Crippen molar-refractivity contribution in [3.05, 3.63) is 0 Å². The van der Waals surface area contributed by atoms with Crippen LogP contribution >= 0.6 is 0 Å². The molecule has 0 amide bonds. The average Bonchev–Trinajstić information content (AvgIpc) is 2.45.